The van der Waals surface area contributed by atoms with E-state index in [0.29, 0.717) is 6.04 Å². The van der Waals surface area contributed by atoms with Crippen LogP contribution < -0.4 is 10.2 Å². The first-order valence-electron chi connectivity index (χ1n) is 7.13. The number of aromatic nitrogens is 1. The average molecular weight is 247 g/mol. The zero-order chi connectivity index (χ0) is 13.0. The fraction of sp³-hybridized carbons (Fsp3) is 0.667. The smallest absolute Gasteiger partial charge is 0.133 e. The second-order valence-electron chi connectivity index (χ2n) is 5.53. The maximum Gasteiger partial charge on any atom is 0.133 e. The van der Waals surface area contributed by atoms with Crippen molar-refractivity contribution in [1.29, 1.82) is 0 Å². The molecule has 1 aliphatic rings. The van der Waals surface area contributed by atoms with Crippen LogP contribution in [0.5, 0.6) is 0 Å². The van der Waals surface area contributed by atoms with Gasteiger partial charge in [-0.05, 0) is 18.4 Å². The van der Waals surface area contributed by atoms with Crippen molar-refractivity contribution in [1.82, 2.24) is 10.3 Å². The topological polar surface area (TPSA) is 28.2 Å². The maximum absolute atomic E-state index is 4.59. The number of nitrogens with one attached hydrogen (secondary N) is 1. The molecule has 3 heteroatoms. The van der Waals surface area contributed by atoms with Gasteiger partial charge in [0.25, 0.3) is 0 Å². The van der Waals surface area contributed by atoms with Crippen LogP contribution in [-0.2, 0) is 6.54 Å². The Morgan fingerprint density at radius 3 is 3.00 bits per heavy atom. The van der Waals surface area contributed by atoms with E-state index in [1.165, 1.54) is 30.8 Å². The molecule has 100 valence electrons. The van der Waals surface area contributed by atoms with Gasteiger partial charge in [0, 0.05) is 37.4 Å². The molecule has 1 aromatic rings. The van der Waals surface area contributed by atoms with Crippen molar-refractivity contribution in [2.24, 2.45) is 5.92 Å². The summed E-state index contributed by atoms with van der Waals surface area (Å²) in [6.07, 6.45) is 4.50. The minimum absolute atomic E-state index is 0.514. The van der Waals surface area contributed by atoms with E-state index >= 15 is 0 Å². The standard InChI is InChI=1S/C15H25N3/c1-4-13-7-9-18(11-13)15-14(6-5-8-16-15)10-17-12(2)3/h5-6,8,12-13,17H,4,7,9-11H2,1-3H3. The normalized spacial score (nSPS) is 19.8. The molecule has 1 atom stereocenters. The Morgan fingerprint density at radius 2 is 2.33 bits per heavy atom. The highest BCUT2D eigenvalue weighted by atomic mass is 15.2. The third kappa shape index (κ3) is 3.22. The van der Waals surface area contributed by atoms with Gasteiger partial charge in [-0.1, -0.05) is 33.3 Å². The van der Waals surface area contributed by atoms with E-state index in [4.69, 9.17) is 0 Å². The van der Waals surface area contributed by atoms with Crippen LogP contribution in [0, 0.1) is 5.92 Å². The van der Waals surface area contributed by atoms with Gasteiger partial charge >= 0.3 is 0 Å². The van der Waals surface area contributed by atoms with Gasteiger partial charge in [0.05, 0.1) is 0 Å². The summed E-state index contributed by atoms with van der Waals surface area (Å²) in [6, 6.07) is 4.74. The van der Waals surface area contributed by atoms with Crippen molar-refractivity contribution >= 4 is 5.82 Å². The SMILES string of the molecule is CCC1CCN(c2ncccc2CNC(C)C)C1. The van der Waals surface area contributed by atoms with Crippen LogP contribution in [-0.4, -0.2) is 24.1 Å². The second kappa shape index (κ2) is 6.19. The summed E-state index contributed by atoms with van der Waals surface area (Å²) in [7, 11) is 0. The summed E-state index contributed by atoms with van der Waals surface area (Å²) < 4.78 is 0. The molecule has 1 aliphatic heterocycles. The van der Waals surface area contributed by atoms with Gasteiger partial charge < -0.3 is 10.2 Å². The van der Waals surface area contributed by atoms with Gasteiger partial charge in [-0.15, -0.1) is 0 Å². The van der Waals surface area contributed by atoms with Crippen molar-refractivity contribution in [2.75, 3.05) is 18.0 Å². The first-order chi connectivity index (χ1) is 8.70. The van der Waals surface area contributed by atoms with Gasteiger partial charge in [0.1, 0.15) is 5.82 Å². The van der Waals surface area contributed by atoms with Crippen molar-refractivity contribution in [3.63, 3.8) is 0 Å². The highest BCUT2D eigenvalue weighted by molar-refractivity contribution is 5.47. The van der Waals surface area contributed by atoms with Gasteiger partial charge in [-0.3, -0.25) is 0 Å². The fourth-order valence-electron chi connectivity index (χ4n) is 2.53. The fourth-order valence-corrected chi connectivity index (χ4v) is 2.53. The number of pyridine rings is 1. The van der Waals surface area contributed by atoms with Crippen molar-refractivity contribution < 1.29 is 0 Å². The van der Waals surface area contributed by atoms with Gasteiger partial charge in [-0.2, -0.15) is 0 Å². The van der Waals surface area contributed by atoms with Crippen LogP contribution in [0.15, 0.2) is 18.3 Å². The third-order valence-electron chi connectivity index (χ3n) is 3.73. The van der Waals surface area contributed by atoms with Crippen LogP contribution in [0.25, 0.3) is 0 Å². The highest BCUT2D eigenvalue weighted by Gasteiger charge is 2.23. The molecular weight excluding hydrogens is 222 g/mol. The molecule has 2 heterocycles. The van der Waals surface area contributed by atoms with Crippen LogP contribution in [0.1, 0.15) is 39.2 Å². The Labute approximate surface area is 111 Å². The summed E-state index contributed by atoms with van der Waals surface area (Å²) in [5.74, 6) is 2.03. The Hall–Kier alpha value is -1.09. The van der Waals surface area contributed by atoms with Gasteiger partial charge in [0.15, 0.2) is 0 Å². The number of anilines is 1. The predicted octanol–water partition coefficient (Wildman–Crippen LogP) is 2.82. The number of hydrogen-bond acceptors (Lipinski definition) is 3. The highest BCUT2D eigenvalue weighted by Crippen LogP contribution is 2.26. The van der Waals surface area contributed by atoms with Gasteiger partial charge in [0.2, 0.25) is 0 Å². The first-order valence-corrected chi connectivity index (χ1v) is 7.13. The van der Waals surface area contributed by atoms with Crippen molar-refractivity contribution in [3.05, 3.63) is 23.9 Å². The number of nitrogens with zero attached hydrogens (tertiary/aromatic N) is 2. The molecule has 1 aromatic heterocycles. The van der Waals surface area contributed by atoms with Crippen molar-refractivity contribution in [2.45, 2.75) is 46.2 Å². The largest absolute Gasteiger partial charge is 0.356 e. The lowest BCUT2D eigenvalue weighted by Crippen LogP contribution is -2.26. The molecular formula is C15H25N3. The Kier molecular flexibility index (Phi) is 4.59. The molecule has 0 saturated carbocycles. The zero-order valence-corrected chi connectivity index (χ0v) is 11.8. The van der Waals surface area contributed by atoms with Crippen molar-refractivity contribution in [3.8, 4) is 0 Å². The molecule has 0 aliphatic carbocycles. The molecule has 0 spiro atoms. The molecule has 0 aromatic carbocycles. The van der Waals surface area contributed by atoms with E-state index in [9.17, 15) is 0 Å². The van der Waals surface area contributed by atoms with E-state index in [1.54, 1.807) is 0 Å². The molecule has 1 fully saturated rings. The lowest BCUT2D eigenvalue weighted by atomic mass is 10.1. The summed E-state index contributed by atoms with van der Waals surface area (Å²) >= 11 is 0. The summed E-state index contributed by atoms with van der Waals surface area (Å²) in [5, 5.41) is 3.48. The lowest BCUT2D eigenvalue weighted by molar-refractivity contribution is 0.567. The molecule has 0 amide bonds. The molecule has 1 N–H and O–H groups in total. The van der Waals surface area contributed by atoms with E-state index in [2.05, 4.69) is 42.0 Å². The van der Waals surface area contributed by atoms with Crippen LogP contribution in [0.2, 0.25) is 0 Å². The summed E-state index contributed by atoms with van der Waals surface area (Å²) in [5.41, 5.74) is 1.32. The maximum atomic E-state index is 4.59. The van der Waals surface area contributed by atoms with Crippen LogP contribution in [0.4, 0.5) is 5.82 Å². The minimum atomic E-state index is 0.514. The Balaban J connectivity index is 2.07. The summed E-state index contributed by atoms with van der Waals surface area (Å²) in [6.45, 7) is 9.88. The number of rotatable bonds is 5. The molecule has 0 bridgehead atoms. The molecule has 18 heavy (non-hydrogen) atoms. The van der Waals surface area contributed by atoms with E-state index in [0.717, 1.165) is 19.0 Å². The third-order valence-corrected chi connectivity index (χ3v) is 3.73. The Bertz CT molecular complexity index is 376. The van der Waals surface area contributed by atoms with Crippen LogP contribution in [0.3, 0.4) is 0 Å². The molecule has 1 saturated heterocycles. The predicted molar refractivity (Wildman–Crippen MR) is 76.8 cm³/mol. The molecule has 0 radical (unpaired) electrons. The quantitative estimate of drug-likeness (QED) is 0.867. The van der Waals surface area contributed by atoms with E-state index in [-0.39, 0.29) is 0 Å². The lowest BCUT2D eigenvalue weighted by Gasteiger charge is -2.21. The molecule has 1 unspecified atom stereocenters. The minimum Gasteiger partial charge on any atom is -0.356 e. The monoisotopic (exact) mass is 247 g/mol. The van der Waals surface area contributed by atoms with Crippen LogP contribution >= 0.6 is 0 Å². The second-order valence-corrected chi connectivity index (χ2v) is 5.53. The summed E-state index contributed by atoms with van der Waals surface area (Å²) in [4.78, 5) is 7.04. The first kappa shape index (κ1) is 13.3. The zero-order valence-electron chi connectivity index (χ0n) is 11.8. The van der Waals surface area contributed by atoms with E-state index in [1.807, 2.05) is 12.3 Å². The van der Waals surface area contributed by atoms with Gasteiger partial charge in [-0.25, -0.2) is 4.98 Å². The average Bonchev–Trinajstić information content (AvgIpc) is 2.85. The molecule has 2 rings (SSSR count). The van der Waals surface area contributed by atoms with E-state index < -0.39 is 0 Å². The number of hydrogen-bond donors (Lipinski definition) is 1. The molecule has 3 nitrogen and oxygen atoms in total. The Morgan fingerprint density at radius 1 is 1.50 bits per heavy atom.